The Morgan fingerprint density at radius 3 is 2.09 bits per heavy atom. The number of urea groups is 1. The van der Waals surface area contributed by atoms with Crippen molar-refractivity contribution in [2.75, 3.05) is 4.90 Å². The number of nitrogens with zero attached hydrogens (tertiary/aromatic N) is 2. The second kappa shape index (κ2) is 9.23. The number of anilines is 1. The van der Waals surface area contributed by atoms with Crippen LogP contribution in [0.2, 0.25) is 0 Å². The highest BCUT2D eigenvalue weighted by molar-refractivity contribution is 6.58. The van der Waals surface area contributed by atoms with E-state index < -0.39 is 104 Å². The molecule has 2 saturated heterocycles. The fourth-order valence-electron chi connectivity index (χ4n) is 6.86. The minimum atomic E-state index is -2.72. The van der Waals surface area contributed by atoms with Gasteiger partial charge < -0.3 is 10.8 Å². The number of alkyl halides is 2. The number of carbonyl (C=O) groups is 5. The van der Waals surface area contributed by atoms with Crippen LogP contribution in [0.15, 0.2) is 35.9 Å². The zero-order valence-corrected chi connectivity index (χ0v) is 22.7. The number of fused-ring (bicyclic) bond motifs is 4. The SMILES string of the molecule is NC(=O)N1C(=O)[C@H]2[C@H](CC=C3[C@H]2C[C@@]2(Cl)C(=O)N(c4c(F)c(F)c(F)c(F)c4F)C(=O)[C@@]2(Cl)[C@H]3c2cccc(O)c2)C1=O. The van der Waals surface area contributed by atoms with E-state index in [0.29, 0.717) is 0 Å². The first-order valence-corrected chi connectivity index (χ1v) is 13.3. The van der Waals surface area contributed by atoms with Gasteiger partial charge in [-0.3, -0.25) is 19.2 Å². The number of rotatable bonds is 2. The van der Waals surface area contributed by atoms with Crippen LogP contribution in [0.25, 0.3) is 0 Å². The van der Waals surface area contributed by atoms with Crippen LogP contribution in [-0.4, -0.2) is 49.4 Å². The quantitative estimate of drug-likeness (QED) is 0.128. The predicted molar refractivity (Wildman–Crippen MR) is 136 cm³/mol. The van der Waals surface area contributed by atoms with Gasteiger partial charge >= 0.3 is 6.03 Å². The maximum absolute atomic E-state index is 15.0. The van der Waals surface area contributed by atoms with Gasteiger partial charge in [0.1, 0.15) is 11.4 Å². The van der Waals surface area contributed by atoms with Crippen LogP contribution in [0.3, 0.4) is 0 Å². The van der Waals surface area contributed by atoms with Gasteiger partial charge in [-0.25, -0.2) is 31.6 Å². The lowest BCUT2D eigenvalue weighted by Gasteiger charge is -2.50. The van der Waals surface area contributed by atoms with Crippen LogP contribution >= 0.6 is 23.2 Å². The van der Waals surface area contributed by atoms with Crippen molar-refractivity contribution in [3.63, 3.8) is 0 Å². The Labute approximate surface area is 247 Å². The van der Waals surface area contributed by atoms with Gasteiger partial charge in [-0.05, 0) is 36.5 Å². The standard InChI is InChI=1S/C27H16Cl2F5N3O6/c28-26-7-12-10(4-5-11-13(12)22(40)37(21(11)39)25(35)43)14(8-2-1-3-9(38)6-8)27(26,29)24(42)36(23(26)41)20-18(33)16(31)15(30)17(32)19(20)34/h1-4,6,11-14,38H,5,7H2,(H2,35,43)/t11-,12+,13-,14-,26+,27-/m0/s1. The molecule has 6 amide bonds. The maximum Gasteiger partial charge on any atom is 0.328 e. The zero-order chi connectivity index (χ0) is 31.5. The van der Waals surface area contributed by atoms with E-state index in [2.05, 4.69) is 0 Å². The summed E-state index contributed by atoms with van der Waals surface area (Å²) in [4.78, 5) is 60.7. The average molecular weight is 644 g/mol. The minimum absolute atomic E-state index is 0.0263. The van der Waals surface area contributed by atoms with E-state index in [1.807, 2.05) is 0 Å². The lowest BCUT2D eigenvalue weighted by atomic mass is 9.56. The van der Waals surface area contributed by atoms with Crippen molar-refractivity contribution in [2.45, 2.75) is 28.5 Å². The Morgan fingerprint density at radius 2 is 1.51 bits per heavy atom. The molecular weight excluding hydrogens is 628 g/mol. The first kappa shape index (κ1) is 29.1. The number of nitrogens with two attached hydrogens (primary N) is 1. The second-order valence-electron chi connectivity index (χ2n) is 10.6. The van der Waals surface area contributed by atoms with E-state index in [1.54, 1.807) is 0 Å². The molecule has 2 aliphatic heterocycles. The van der Waals surface area contributed by atoms with Crippen LogP contribution in [-0.2, 0) is 19.2 Å². The molecule has 2 aromatic rings. The molecule has 0 bridgehead atoms. The van der Waals surface area contributed by atoms with Crippen molar-refractivity contribution in [1.29, 1.82) is 0 Å². The number of hydrogen-bond donors (Lipinski definition) is 2. The van der Waals surface area contributed by atoms with Crippen LogP contribution < -0.4 is 10.6 Å². The molecule has 16 heteroatoms. The Kier molecular flexibility index (Phi) is 6.23. The number of primary amides is 1. The second-order valence-corrected chi connectivity index (χ2v) is 11.9. The Balaban J connectivity index is 1.60. The number of carbonyl (C=O) groups excluding carboxylic acids is 5. The molecule has 6 rings (SSSR count). The monoisotopic (exact) mass is 643 g/mol. The number of benzene rings is 2. The molecule has 224 valence electrons. The third kappa shape index (κ3) is 3.47. The van der Waals surface area contributed by atoms with E-state index in [4.69, 9.17) is 28.9 Å². The number of amides is 6. The summed E-state index contributed by atoms with van der Waals surface area (Å²) < 4.78 is 72.2. The Hall–Kier alpha value is -4.04. The normalized spacial score (nSPS) is 31.7. The molecule has 6 atom stereocenters. The fraction of sp³-hybridized carbons (Fsp3) is 0.296. The first-order valence-electron chi connectivity index (χ1n) is 12.5. The third-order valence-electron chi connectivity index (χ3n) is 8.65. The van der Waals surface area contributed by atoms with Gasteiger partial charge in [0.25, 0.3) is 11.8 Å². The van der Waals surface area contributed by atoms with Crippen molar-refractivity contribution in [1.82, 2.24) is 4.90 Å². The van der Waals surface area contributed by atoms with Crippen LogP contribution in [0.1, 0.15) is 24.3 Å². The molecule has 2 aromatic carbocycles. The summed E-state index contributed by atoms with van der Waals surface area (Å²) in [5, 5.41) is 10.2. The predicted octanol–water partition coefficient (Wildman–Crippen LogP) is 3.73. The molecule has 2 heterocycles. The highest BCUT2D eigenvalue weighted by Gasteiger charge is 2.77. The molecule has 0 spiro atoms. The molecule has 0 aromatic heterocycles. The highest BCUT2D eigenvalue weighted by atomic mass is 35.5. The largest absolute Gasteiger partial charge is 0.508 e. The summed E-state index contributed by atoms with van der Waals surface area (Å²) in [6.07, 6.45) is 0.546. The van der Waals surface area contributed by atoms with Crippen molar-refractivity contribution < 1.29 is 51.0 Å². The fourth-order valence-corrected chi connectivity index (χ4v) is 7.80. The molecule has 3 fully saturated rings. The first-order chi connectivity index (χ1) is 20.1. The molecule has 0 radical (unpaired) electrons. The molecule has 2 aliphatic carbocycles. The van der Waals surface area contributed by atoms with Gasteiger partial charge in [-0.1, -0.05) is 23.8 Å². The Bertz CT molecular complexity index is 1730. The van der Waals surface area contributed by atoms with E-state index in [9.17, 15) is 51.0 Å². The number of likely N-dealkylation sites (tertiary alicyclic amines) is 1. The molecule has 4 aliphatic rings. The van der Waals surface area contributed by atoms with Crippen molar-refractivity contribution in [3.05, 3.63) is 70.6 Å². The smallest absolute Gasteiger partial charge is 0.328 e. The van der Waals surface area contributed by atoms with E-state index in [-0.39, 0.29) is 33.1 Å². The number of phenolic OH excluding ortho intramolecular Hbond substituents is 1. The number of halogens is 7. The molecule has 9 nitrogen and oxygen atoms in total. The summed E-state index contributed by atoms with van der Waals surface area (Å²) in [5.74, 6) is -23.3. The summed E-state index contributed by atoms with van der Waals surface area (Å²) in [6, 6.07) is 3.72. The van der Waals surface area contributed by atoms with E-state index in [1.165, 1.54) is 24.3 Å². The van der Waals surface area contributed by atoms with Gasteiger partial charge in [0, 0.05) is 5.92 Å². The number of phenols is 1. The highest BCUT2D eigenvalue weighted by Crippen LogP contribution is 2.66. The van der Waals surface area contributed by atoms with Crippen molar-refractivity contribution >= 4 is 58.5 Å². The summed E-state index contributed by atoms with van der Waals surface area (Å²) in [7, 11) is 0. The van der Waals surface area contributed by atoms with Gasteiger partial charge in [-0.2, -0.15) is 4.90 Å². The van der Waals surface area contributed by atoms with Crippen LogP contribution in [0.5, 0.6) is 5.75 Å². The molecule has 0 unspecified atom stereocenters. The Morgan fingerprint density at radius 1 is 0.907 bits per heavy atom. The average Bonchev–Trinajstić information content (AvgIpc) is 3.29. The molecular formula is C27H16Cl2F5N3O6. The zero-order valence-electron chi connectivity index (χ0n) is 21.2. The molecule has 3 N–H and O–H groups in total. The topological polar surface area (TPSA) is 138 Å². The minimum Gasteiger partial charge on any atom is -0.508 e. The van der Waals surface area contributed by atoms with E-state index >= 15 is 0 Å². The maximum atomic E-state index is 15.0. The van der Waals surface area contributed by atoms with Crippen LogP contribution in [0, 0.1) is 46.8 Å². The van der Waals surface area contributed by atoms with Gasteiger partial charge in [0.15, 0.2) is 33.0 Å². The van der Waals surface area contributed by atoms with Crippen LogP contribution in [0.4, 0.5) is 32.4 Å². The summed E-state index contributed by atoms with van der Waals surface area (Å²) in [6.45, 7) is 0. The molecule has 1 saturated carbocycles. The van der Waals surface area contributed by atoms with Gasteiger partial charge in [-0.15, -0.1) is 23.2 Å². The summed E-state index contributed by atoms with van der Waals surface area (Å²) in [5.41, 5.74) is 3.52. The summed E-state index contributed by atoms with van der Waals surface area (Å²) >= 11 is 13.8. The lowest BCUT2D eigenvalue weighted by molar-refractivity contribution is -0.136. The van der Waals surface area contributed by atoms with Gasteiger partial charge in [0.05, 0.1) is 11.8 Å². The lowest BCUT2D eigenvalue weighted by Crippen LogP contribution is -2.60. The number of aromatic hydroxyl groups is 1. The number of imide groups is 4. The van der Waals surface area contributed by atoms with Crippen molar-refractivity contribution in [2.24, 2.45) is 23.5 Å². The molecule has 43 heavy (non-hydrogen) atoms. The third-order valence-corrected chi connectivity index (χ3v) is 10.1. The van der Waals surface area contributed by atoms with E-state index in [0.717, 1.165) is 6.07 Å². The van der Waals surface area contributed by atoms with Crippen molar-refractivity contribution in [3.8, 4) is 5.75 Å². The van der Waals surface area contributed by atoms with Gasteiger partial charge in [0.2, 0.25) is 17.6 Å². The number of allylic oxidation sites excluding steroid dienone is 2. The number of hydrogen-bond acceptors (Lipinski definition) is 6.